The van der Waals surface area contributed by atoms with Gasteiger partial charge in [0.1, 0.15) is 9.84 Å². The zero-order valence-corrected chi connectivity index (χ0v) is 13.8. The largest absolute Gasteiger partial charge is 0.311 e. The maximum atomic E-state index is 11.3. The minimum absolute atomic E-state index is 0.321. The summed E-state index contributed by atoms with van der Waals surface area (Å²) < 4.78 is 22.6. The van der Waals surface area contributed by atoms with E-state index >= 15 is 0 Å². The van der Waals surface area contributed by atoms with E-state index in [4.69, 9.17) is 0 Å². The summed E-state index contributed by atoms with van der Waals surface area (Å²) in [5.41, 5.74) is 0.321. The number of nitrogens with zero attached hydrogens (tertiary/aromatic N) is 1. The van der Waals surface area contributed by atoms with Crippen LogP contribution in [-0.2, 0) is 9.84 Å². The third kappa shape index (κ3) is 4.18. The molecule has 2 aliphatic rings. The maximum absolute atomic E-state index is 11.3. The molecule has 0 aromatic rings. The van der Waals surface area contributed by atoms with Gasteiger partial charge in [0.2, 0.25) is 0 Å². The van der Waals surface area contributed by atoms with E-state index in [9.17, 15) is 8.42 Å². The van der Waals surface area contributed by atoms with E-state index in [2.05, 4.69) is 17.1 Å². The summed E-state index contributed by atoms with van der Waals surface area (Å²) >= 11 is 0. The van der Waals surface area contributed by atoms with Crippen molar-refractivity contribution in [2.24, 2.45) is 0 Å². The van der Waals surface area contributed by atoms with Crippen LogP contribution < -0.4 is 5.32 Å². The van der Waals surface area contributed by atoms with Gasteiger partial charge in [-0.1, -0.05) is 26.2 Å². The second-order valence-electron chi connectivity index (χ2n) is 6.73. The molecular formula is C15H30N2O2S. The summed E-state index contributed by atoms with van der Waals surface area (Å²) in [5, 5.41) is 3.73. The molecule has 5 heteroatoms. The lowest BCUT2D eigenvalue weighted by Gasteiger charge is -2.48. The van der Waals surface area contributed by atoms with Crippen LogP contribution in [0.4, 0.5) is 0 Å². The quantitative estimate of drug-likeness (QED) is 0.813. The number of hydrogen-bond donors (Lipinski definition) is 1. The molecule has 4 nitrogen and oxygen atoms in total. The zero-order chi connectivity index (χ0) is 14.6. The van der Waals surface area contributed by atoms with Gasteiger partial charge in [0.15, 0.2) is 0 Å². The molecule has 1 saturated heterocycles. The molecule has 0 bridgehead atoms. The average molecular weight is 302 g/mol. The smallest absolute Gasteiger partial charge is 0.147 e. The van der Waals surface area contributed by atoms with Gasteiger partial charge in [-0.2, -0.15) is 0 Å². The van der Waals surface area contributed by atoms with Gasteiger partial charge < -0.3 is 5.32 Å². The third-order valence-electron chi connectivity index (χ3n) is 4.95. The van der Waals surface area contributed by atoms with Crippen LogP contribution in [0, 0.1) is 0 Å². The molecule has 2 rings (SSSR count). The number of sulfone groups is 1. The fraction of sp³-hybridized carbons (Fsp3) is 1.00. The van der Waals surface area contributed by atoms with E-state index in [1.165, 1.54) is 44.8 Å². The van der Waals surface area contributed by atoms with Crippen molar-refractivity contribution in [1.82, 2.24) is 10.2 Å². The number of piperazine rings is 1. The Kier molecular flexibility index (Phi) is 5.49. The van der Waals surface area contributed by atoms with Gasteiger partial charge in [-0.25, -0.2) is 8.42 Å². The van der Waals surface area contributed by atoms with E-state index in [0.717, 1.165) is 26.1 Å². The predicted molar refractivity (Wildman–Crippen MR) is 83.8 cm³/mol. The van der Waals surface area contributed by atoms with Gasteiger partial charge >= 0.3 is 0 Å². The van der Waals surface area contributed by atoms with Crippen molar-refractivity contribution in [1.29, 1.82) is 0 Å². The van der Waals surface area contributed by atoms with E-state index in [1.54, 1.807) is 0 Å². The molecule has 118 valence electrons. The lowest BCUT2D eigenvalue weighted by atomic mass is 9.90. The van der Waals surface area contributed by atoms with Crippen molar-refractivity contribution in [3.8, 4) is 0 Å². The third-order valence-corrected chi connectivity index (χ3v) is 5.98. The van der Waals surface area contributed by atoms with Crippen LogP contribution in [0.3, 0.4) is 0 Å². The number of rotatable bonds is 6. The summed E-state index contributed by atoms with van der Waals surface area (Å²) in [6.07, 6.45) is 9.75. The summed E-state index contributed by atoms with van der Waals surface area (Å²) in [4.78, 5) is 2.61. The first-order valence-corrected chi connectivity index (χ1v) is 10.2. The van der Waals surface area contributed by atoms with Gasteiger partial charge in [-0.3, -0.25) is 4.90 Å². The second kappa shape index (κ2) is 6.75. The molecule has 20 heavy (non-hydrogen) atoms. The van der Waals surface area contributed by atoms with Crippen LogP contribution in [0.1, 0.15) is 51.9 Å². The standard InChI is InChI=1S/C15H30N2O2S/c1-3-7-14-12-17(10-6-11-20(2,18)19)15(13-16-14)8-4-5-9-15/h14,16H,3-13H2,1-2H3. The van der Waals surface area contributed by atoms with Gasteiger partial charge in [0, 0.05) is 30.9 Å². The summed E-state index contributed by atoms with van der Waals surface area (Å²) in [6, 6.07) is 0.587. The average Bonchev–Trinajstić information content (AvgIpc) is 2.82. The highest BCUT2D eigenvalue weighted by atomic mass is 32.2. The highest BCUT2D eigenvalue weighted by Gasteiger charge is 2.42. The Morgan fingerprint density at radius 3 is 2.60 bits per heavy atom. The molecule has 0 amide bonds. The zero-order valence-electron chi connectivity index (χ0n) is 13.0. The molecule has 1 aliphatic heterocycles. The minimum Gasteiger partial charge on any atom is -0.311 e. The van der Waals surface area contributed by atoms with Crippen molar-refractivity contribution < 1.29 is 8.42 Å². The van der Waals surface area contributed by atoms with Gasteiger partial charge in [0.05, 0.1) is 5.75 Å². The van der Waals surface area contributed by atoms with Crippen molar-refractivity contribution in [3.63, 3.8) is 0 Å². The van der Waals surface area contributed by atoms with Gasteiger partial charge in [0.25, 0.3) is 0 Å². The van der Waals surface area contributed by atoms with Crippen LogP contribution in [0.2, 0.25) is 0 Å². The second-order valence-corrected chi connectivity index (χ2v) is 8.99. The van der Waals surface area contributed by atoms with Crippen LogP contribution in [0.5, 0.6) is 0 Å². The summed E-state index contributed by atoms with van der Waals surface area (Å²) in [7, 11) is -2.83. The van der Waals surface area contributed by atoms with Crippen molar-refractivity contribution in [3.05, 3.63) is 0 Å². The first-order valence-electron chi connectivity index (χ1n) is 8.11. The lowest BCUT2D eigenvalue weighted by molar-refractivity contribution is 0.0413. The summed E-state index contributed by atoms with van der Waals surface area (Å²) in [5.74, 6) is 0.325. The molecule has 0 radical (unpaired) electrons. The number of nitrogens with one attached hydrogen (secondary N) is 1. The van der Waals surface area contributed by atoms with Gasteiger partial charge in [-0.15, -0.1) is 0 Å². The number of hydrogen-bond acceptors (Lipinski definition) is 4. The van der Waals surface area contributed by atoms with E-state index < -0.39 is 9.84 Å². The van der Waals surface area contributed by atoms with E-state index in [1.807, 2.05) is 0 Å². The highest BCUT2D eigenvalue weighted by molar-refractivity contribution is 7.90. The van der Waals surface area contributed by atoms with Crippen molar-refractivity contribution in [2.45, 2.75) is 63.5 Å². The molecule has 1 spiro atoms. The molecule has 1 aliphatic carbocycles. The Labute approximate surface area is 124 Å². The Morgan fingerprint density at radius 2 is 2.00 bits per heavy atom. The maximum Gasteiger partial charge on any atom is 0.147 e. The first kappa shape index (κ1) is 16.2. The molecule has 0 aromatic heterocycles. The van der Waals surface area contributed by atoms with E-state index in [0.29, 0.717) is 17.3 Å². The topological polar surface area (TPSA) is 49.4 Å². The molecule has 1 heterocycles. The molecule has 1 atom stereocenters. The Hall–Kier alpha value is -0.130. The molecule has 1 N–H and O–H groups in total. The molecular weight excluding hydrogens is 272 g/mol. The molecule has 2 fully saturated rings. The van der Waals surface area contributed by atoms with Crippen LogP contribution in [-0.4, -0.2) is 56.5 Å². The predicted octanol–water partition coefficient (Wildman–Crippen LogP) is 1.81. The molecule has 1 saturated carbocycles. The van der Waals surface area contributed by atoms with Crippen LogP contribution in [0.15, 0.2) is 0 Å². The van der Waals surface area contributed by atoms with E-state index in [-0.39, 0.29) is 0 Å². The van der Waals surface area contributed by atoms with Crippen LogP contribution >= 0.6 is 0 Å². The fourth-order valence-corrected chi connectivity index (χ4v) is 4.54. The lowest BCUT2D eigenvalue weighted by Crippen LogP contribution is -2.63. The summed E-state index contributed by atoms with van der Waals surface area (Å²) in [6.45, 7) is 5.36. The van der Waals surface area contributed by atoms with Crippen molar-refractivity contribution in [2.75, 3.05) is 31.6 Å². The highest BCUT2D eigenvalue weighted by Crippen LogP contribution is 2.37. The Bertz CT molecular complexity index is 402. The Balaban J connectivity index is 1.95. The fourth-order valence-electron chi connectivity index (χ4n) is 3.88. The molecule has 1 unspecified atom stereocenters. The minimum atomic E-state index is -2.83. The van der Waals surface area contributed by atoms with Crippen molar-refractivity contribution >= 4 is 9.84 Å². The van der Waals surface area contributed by atoms with Gasteiger partial charge in [-0.05, 0) is 32.2 Å². The molecule has 0 aromatic carbocycles. The monoisotopic (exact) mass is 302 g/mol. The Morgan fingerprint density at radius 1 is 1.30 bits per heavy atom. The normalized spacial score (nSPS) is 27.2. The first-order chi connectivity index (χ1) is 9.45. The van der Waals surface area contributed by atoms with Crippen LogP contribution in [0.25, 0.3) is 0 Å². The SMILES string of the molecule is CCCC1CN(CCCS(C)(=O)=O)C2(CCCC2)CN1.